The number of methoxy groups -OCH3 is 1. The number of nitrogens with one attached hydrogen (secondary N) is 2. The van der Waals surface area contributed by atoms with Crippen molar-refractivity contribution in [3.8, 4) is 34.6 Å². The Morgan fingerprint density at radius 2 is 1.85 bits per heavy atom. The smallest absolute Gasteiger partial charge is 0.346 e. The Morgan fingerprint density at radius 1 is 1.03 bits per heavy atom. The monoisotopic (exact) mass is 473 g/mol. The molecule has 0 aliphatic heterocycles. The largest absolute Gasteiger partial charge is 0.493 e. The van der Waals surface area contributed by atoms with Gasteiger partial charge in [-0.05, 0) is 64.6 Å². The molecule has 5 aromatic rings. The van der Waals surface area contributed by atoms with E-state index in [1.165, 1.54) is 4.68 Å². The minimum Gasteiger partial charge on any atom is -0.493 e. The summed E-state index contributed by atoms with van der Waals surface area (Å²) in [6.45, 7) is 0.463. The van der Waals surface area contributed by atoms with Crippen molar-refractivity contribution in [2.45, 2.75) is 6.54 Å². The van der Waals surface area contributed by atoms with Crippen molar-refractivity contribution in [2.24, 2.45) is 0 Å². The third-order valence-electron chi connectivity index (χ3n) is 4.92. The summed E-state index contributed by atoms with van der Waals surface area (Å²) in [5.41, 5.74) is 5.89. The van der Waals surface area contributed by atoms with E-state index in [4.69, 9.17) is 21.7 Å². The maximum atomic E-state index is 5.97. The van der Waals surface area contributed by atoms with E-state index in [1.807, 2.05) is 54.6 Å². The fourth-order valence-corrected chi connectivity index (χ4v) is 3.48. The van der Waals surface area contributed by atoms with Crippen molar-refractivity contribution >= 4 is 12.2 Å². The van der Waals surface area contributed by atoms with Gasteiger partial charge in [0.2, 0.25) is 4.77 Å². The van der Waals surface area contributed by atoms with Crippen molar-refractivity contribution in [1.29, 1.82) is 0 Å². The van der Waals surface area contributed by atoms with Gasteiger partial charge in [-0.15, -0.1) is 0 Å². The number of aromatic amines is 1. The van der Waals surface area contributed by atoms with Gasteiger partial charge in [0.15, 0.2) is 17.3 Å². The van der Waals surface area contributed by atoms with Gasteiger partial charge in [-0.2, -0.15) is 9.78 Å². The van der Waals surface area contributed by atoms with Crippen molar-refractivity contribution in [1.82, 2.24) is 40.1 Å². The second-order valence-corrected chi connectivity index (χ2v) is 7.44. The molecule has 0 aliphatic carbocycles. The van der Waals surface area contributed by atoms with E-state index in [2.05, 4.69) is 36.1 Å². The predicted octanol–water partition coefficient (Wildman–Crippen LogP) is 3.52. The minimum atomic E-state index is 0.224. The topological polar surface area (TPSA) is 121 Å². The Hall–Kier alpha value is -4.58. The van der Waals surface area contributed by atoms with Crippen LogP contribution in [0.15, 0.2) is 73.1 Å². The normalized spacial score (nSPS) is 10.7. The maximum absolute atomic E-state index is 5.97. The number of aromatic nitrogens is 8. The van der Waals surface area contributed by atoms with E-state index in [0.29, 0.717) is 28.6 Å². The highest BCUT2D eigenvalue weighted by Gasteiger charge is 2.15. The van der Waals surface area contributed by atoms with E-state index in [0.717, 1.165) is 16.8 Å². The molecule has 0 bridgehead atoms. The van der Waals surface area contributed by atoms with Crippen LogP contribution in [0.1, 0.15) is 5.56 Å². The highest BCUT2D eigenvalue weighted by molar-refractivity contribution is 7.71. The molecule has 2 aromatic carbocycles. The van der Waals surface area contributed by atoms with Gasteiger partial charge in [0.05, 0.1) is 19.3 Å². The molecular formula is C22H19N9O2S. The van der Waals surface area contributed by atoms with Gasteiger partial charge >= 0.3 is 6.01 Å². The zero-order valence-electron chi connectivity index (χ0n) is 18.0. The van der Waals surface area contributed by atoms with Gasteiger partial charge in [0, 0.05) is 18.0 Å². The molecule has 0 spiro atoms. The Kier molecular flexibility index (Phi) is 5.95. The number of hydrogen-bond acceptors (Lipinski definition) is 9. The SMILES string of the molecule is COc1cc(CNn2c(-c3ccncc3)n[nH]c2=S)ccc1Oc1nnnn1-c1ccccc1. The van der Waals surface area contributed by atoms with E-state index in [9.17, 15) is 0 Å². The molecule has 11 nitrogen and oxygen atoms in total. The summed E-state index contributed by atoms with van der Waals surface area (Å²) < 4.78 is 15.2. The summed E-state index contributed by atoms with van der Waals surface area (Å²) in [5.74, 6) is 1.68. The molecule has 0 saturated heterocycles. The number of pyridine rings is 1. The lowest BCUT2D eigenvalue weighted by atomic mass is 10.2. The van der Waals surface area contributed by atoms with E-state index in [1.54, 1.807) is 30.2 Å². The molecule has 0 atom stereocenters. The number of H-pyrrole nitrogens is 1. The van der Waals surface area contributed by atoms with Crippen LogP contribution in [0.25, 0.3) is 17.1 Å². The van der Waals surface area contributed by atoms with Crippen LogP contribution in [0.4, 0.5) is 0 Å². The molecule has 3 heterocycles. The molecule has 0 radical (unpaired) electrons. The van der Waals surface area contributed by atoms with Gasteiger partial charge in [0.25, 0.3) is 0 Å². The van der Waals surface area contributed by atoms with Gasteiger partial charge in [-0.1, -0.05) is 29.4 Å². The molecule has 2 N–H and O–H groups in total. The first kappa shape index (κ1) is 21.3. The van der Waals surface area contributed by atoms with Crippen LogP contribution in [0, 0.1) is 4.77 Å². The lowest BCUT2D eigenvalue weighted by Gasteiger charge is -2.13. The molecule has 0 saturated carbocycles. The zero-order valence-corrected chi connectivity index (χ0v) is 18.8. The molecule has 0 amide bonds. The highest BCUT2D eigenvalue weighted by atomic mass is 32.1. The summed E-state index contributed by atoms with van der Waals surface area (Å²) in [6, 6.07) is 19.0. The van der Waals surface area contributed by atoms with Crippen LogP contribution < -0.4 is 14.9 Å². The first-order valence-corrected chi connectivity index (χ1v) is 10.6. The number of benzene rings is 2. The third kappa shape index (κ3) is 4.34. The first-order chi connectivity index (χ1) is 16.7. The summed E-state index contributed by atoms with van der Waals surface area (Å²) in [4.78, 5) is 4.04. The van der Waals surface area contributed by atoms with Gasteiger partial charge in [-0.3, -0.25) is 4.98 Å². The molecule has 0 aliphatic rings. The number of rotatable bonds is 8. The summed E-state index contributed by atoms with van der Waals surface area (Å²) in [7, 11) is 1.58. The average Bonchev–Trinajstić information content (AvgIpc) is 3.50. The molecule has 0 fully saturated rings. The van der Waals surface area contributed by atoms with E-state index >= 15 is 0 Å². The quantitative estimate of drug-likeness (QED) is 0.326. The number of ether oxygens (including phenoxy) is 2. The van der Waals surface area contributed by atoms with Crippen molar-refractivity contribution < 1.29 is 9.47 Å². The zero-order chi connectivity index (χ0) is 23.3. The van der Waals surface area contributed by atoms with Crippen LogP contribution in [-0.2, 0) is 6.54 Å². The van der Waals surface area contributed by atoms with Crippen LogP contribution in [0.3, 0.4) is 0 Å². The summed E-state index contributed by atoms with van der Waals surface area (Å²) in [5, 5.41) is 18.8. The molecular weight excluding hydrogens is 454 g/mol. The molecule has 170 valence electrons. The maximum Gasteiger partial charge on any atom is 0.346 e. The fourth-order valence-electron chi connectivity index (χ4n) is 3.29. The van der Waals surface area contributed by atoms with Gasteiger partial charge in [-0.25, -0.2) is 9.77 Å². The third-order valence-corrected chi connectivity index (χ3v) is 5.20. The lowest BCUT2D eigenvalue weighted by molar-refractivity contribution is 0.363. The first-order valence-electron chi connectivity index (χ1n) is 10.2. The Balaban J connectivity index is 1.35. The van der Waals surface area contributed by atoms with E-state index < -0.39 is 0 Å². The van der Waals surface area contributed by atoms with Crippen LogP contribution in [0.5, 0.6) is 17.5 Å². The van der Waals surface area contributed by atoms with Crippen molar-refractivity contribution in [2.75, 3.05) is 12.5 Å². The predicted molar refractivity (Wildman–Crippen MR) is 126 cm³/mol. The van der Waals surface area contributed by atoms with Crippen molar-refractivity contribution in [3.05, 3.63) is 83.4 Å². The molecule has 12 heteroatoms. The van der Waals surface area contributed by atoms with E-state index in [-0.39, 0.29) is 6.01 Å². The number of tetrazole rings is 1. The van der Waals surface area contributed by atoms with Crippen molar-refractivity contribution in [3.63, 3.8) is 0 Å². The number of para-hydroxylation sites is 1. The average molecular weight is 474 g/mol. The Bertz CT molecular complexity index is 1450. The Morgan fingerprint density at radius 3 is 2.65 bits per heavy atom. The molecule has 0 unspecified atom stereocenters. The number of hydrogen-bond donors (Lipinski definition) is 2. The standard InChI is InChI=1S/C22H19N9O2S/c1-32-19-13-15(14-24-31-20(25-27-22(31)34)16-9-11-23-12-10-16)7-8-18(19)33-21-26-28-29-30(21)17-5-3-2-4-6-17/h2-13,24H,14H2,1H3,(H,27,34). The van der Waals surface area contributed by atoms with Crippen LogP contribution in [0.2, 0.25) is 0 Å². The van der Waals surface area contributed by atoms with Gasteiger partial charge in [0.1, 0.15) is 0 Å². The molecule has 5 rings (SSSR count). The second kappa shape index (κ2) is 9.50. The lowest BCUT2D eigenvalue weighted by Crippen LogP contribution is -2.16. The minimum absolute atomic E-state index is 0.224. The number of nitrogens with zero attached hydrogens (tertiary/aromatic N) is 7. The summed E-state index contributed by atoms with van der Waals surface area (Å²) >= 11 is 5.38. The summed E-state index contributed by atoms with van der Waals surface area (Å²) in [6.07, 6.45) is 3.41. The molecule has 34 heavy (non-hydrogen) atoms. The Labute approximate surface area is 199 Å². The molecule has 3 aromatic heterocycles. The highest BCUT2D eigenvalue weighted by Crippen LogP contribution is 2.32. The fraction of sp³-hybridized carbons (Fsp3) is 0.0909. The van der Waals surface area contributed by atoms with Gasteiger partial charge < -0.3 is 14.9 Å². The van der Waals surface area contributed by atoms with Crippen LogP contribution >= 0.6 is 12.2 Å². The second-order valence-electron chi connectivity index (χ2n) is 7.05. The van der Waals surface area contributed by atoms with Crippen LogP contribution in [-0.4, -0.2) is 47.2 Å².